The molecule has 1 aromatic rings. The lowest BCUT2D eigenvalue weighted by Gasteiger charge is -2.57. The van der Waals surface area contributed by atoms with Crippen LogP contribution in [0.4, 0.5) is 0 Å². The van der Waals surface area contributed by atoms with Gasteiger partial charge in [-0.25, -0.2) is 9.78 Å². The Labute approximate surface area is 164 Å². The Morgan fingerprint density at radius 1 is 1.11 bits per heavy atom. The number of hydrogen-bond acceptors (Lipinski definition) is 5. The van der Waals surface area contributed by atoms with Crippen molar-refractivity contribution in [2.24, 2.45) is 29.6 Å². The lowest BCUT2D eigenvalue weighted by Crippen LogP contribution is -2.59. The average molecular weight is 388 g/mol. The van der Waals surface area contributed by atoms with Crippen molar-refractivity contribution in [3.05, 3.63) is 18.2 Å². The van der Waals surface area contributed by atoms with Gasteiger partial charge in [-0.3, -0.25) is 0 Å². The van der Waals surface area contributed by atoms with Crippen LogP contribution in [0, 0.1) is 29.6 Å². The van der Waals surface area contributed by atoms with Crippen molar-refractivity contribution in [1.82, 2.24) is 9.55 Å². The molecule has 2 spiro atoms. The molecule has 4 bridgehead atoms. The van der Waals surface area contributed by atoms with E-state index in [1.165, 1.54) is 32.1 Å². The molecule has 1 aliphatic heterocycles. The number of rotatable bonds is 3. The number of carbonyl (C=O) groups is 1. The van der Waals surface area contributed by atoms with Crippen molar-refractivity contribution in [3.8, 4) is 0 Å². The van der Waals surface area contributed by atoms with E-state index in [0.29, 0.717) is 17.8 Å². The van der Waals surface area contributed by atoms with Gasteiger partial charge in [0, 0.05) is 37.4 Å². The molecular weight excluding hydrogens is 360 g/mol. The quantitative estimate of drug-likeness (QED) is 0.797. The lowest BCUT2D eigenvalue weighted by molar-refractivity contribution is -0.390. The van der Waals surface area contributed by atoms with Crippen molar-refractivity contribution in [2.45, 2.75) is 75.9 Å². The SMILES string of the molecule is O=C(O)c1cn(CC2CCC3(CC2)OOC2(O3)C3CC4CC(C3)CC2C4)cn1. The highest BCUT2D eigenvalue weighted by Gasteiger charge is 2.66. The maximum Gasteiger partial charge on any atom is 0.356 e. The molecule has 1 aromatic heterocycles. The van der Waals surface area contributed by atoms with E-state index in [-0.39, 0.29) is 5.69 Å². The number of hydrogen-bond donors (Lipinski definition) is 1. The first kappa shape index (κ1) is 17.4. The van der Waals surface area contributed by atoms with Gasteiger partial charge in [0.05, 0.1) is 6.33 Å². The molecule has 5 aliphatic carbocycles. The average Bonchev–Trinajstić information content (AvgIpc) is 3.28. The summed E-state index contributed by atoms with van der Waals surface area (Å²) in [5.74, 6) is 1.18. The van der Waals surface area contributed by atoms with Gasteiger partial charge in [0.15, 0.2) is 5.69 Å². The Morgan fingerprint density at radius 3 is 2.39 bits per heavy atom. The summed E-state index contributed by atoms with van der Waals surface area (Å²) in [5, 5.41) is 9.03. The molecule has 1 saturated heterocycles. The fraction of sp³-hybridized carbons (Fsp3) is 0.810. The molecule has 6 fully saturated rings. The Bertz CT molecular complexity index is 754. The summed E-state index contributed by atoms with van der Waals surface area (Å²) in [6.07, 6.45) is 13.2. The first-order valence-electron chi connectivity index (χ1n) is 10.9. The van der Waals surface area contributed by atoms with Crippen LogP contribution in [-0.2, 0) is 21.1 Å². The largest absolute Gasteiger partial charge is 0.476 e. The minimum atomic E-state index is -0.979. The number of aromatic nitrogens is 2. The number of carboxylic acids is 1. The van der Waals surface area contributed by atoms with Crippen LogP contribution in [0.2, 0.25) is 0 Å². The summed E-state index contributed by atoms with van der Waals surface area (Å²) in [7, 11) is 0. The van der Waals surface area contributed by atoms with Gasteiger partial charge >= 0.3 is 5.97 Å². The van der Waals surface area contributed by atoms with Crippen LogP contribution < -0.4 is 0 Å². The van der Waals surface area contributed by atoms with E-state index in [4.69, 9.17) is 19.6 Å². The Kier molecular flexibility index (Phi) is 3.75. The molecule has 2 heterocycles. The highest BCUT2D eigenvalue weighted by molar-refractivity contribution is 5.84. The van der Waals surface area contributed by atoms with Gasteiger partial charge in [-0.15, -0.1) is 0 Å². The van der Waals surface area contributed by atoms with E-state index >= 15 is 0 Å². The molecule has 1 N–H and O–H groups in total. The Morgan fingerprint density at radius 2 is 1.79 bits per heavy atom. The molecule has 0 aromatic carbocycles. The van der Waals surface area contributed by atoms with Gasteiger partial charge in [0.1, 0.15) is 0 Å². The first-order valence-corrected chi connectivity index (χ1v) is 10.9. The van der Waals surface area contributed by atoms with Gasteiger partial charge in [-0.1, -0.05) is 0 Å². The van der Waals surface area contributed by atoms with Crippen molar-refractivity contribution in [3.63, 3.8) is 0 Å². The van der Waals surface area contributed by atoms with Crippen LogP contribution in [0.1, 0.15) is 68.3 Å². The monoisotopic (exact) mass is 388 g/mol. The highest BCUT2D eigenvalue weighted by Crippen LogP contribution is 2.63. The Hall–Kier alpha value is -1.44. The fourth-order valence-electron chi connectivity index (χ4n) is 6.96. The minimum Gasteiger partial charge on any atom is -0.476 e. The summed E-state index contributed by atoms with van der Waals surface area (Å²) in [4.78, 5) is 27.0. The minimum absolute atomic E-state index is 0.104. The van der Waals surface area contributed by atoms with E-state index in [2.05, 4.69) is 4.98 Å². The molecule has 5 saturated carbocycles. The van der Waals surface area contributed by atoms with E-state index < -0.39 is 17.5 Å². The number of imidazole rings is 1. The van der Waals surface area contributed by atoms with E-state index in [1.807, 2.05) is 4.57 Å². The smallest absolute Gasteiger partial charge is 0.356 e. The van der Waals surface area contributed by atoms with Crippen molar-refractivity contribution < 1.29 is 24.4 Å². The van der Waals surface area contributed by atoms with Gasteiger partial charge in [-0.2, -0.15) is 9.78 Å². The van der Waals surface area contributed by atoms with Crippen molar-refractivity contribution in [2.75, 3.05) is 0 Å². The summed E-state index contributed by atoms with van der Waals surface area (Å²) >= 11 is 0. The number of aromatic carboxylic acids is 1. The highest BCUT2D eigenvalue weighted by atomic mass is 17.3. The first-order chi connectivity index (χ1) is 13.5. The molecule has 0 radical (unpaired) electrons. The predicted octanol–water partition coefficient (Wildman–Crippen LogP) is 3.60. The van der Waals surface area contributed by atoms with Crippen LogP contribution in [0.3, 0.4) is 0 Å². The normalized spacial score (nSPS) is 46.6. The van der Waals surface area contributed by atoms with Gasteiger partial charge in [0.2, 0.25) is 11.6 Å². The standard InChI is InChI=1S/C21H28N2O5/c24-19(25)18-11-23(12-22-18)10-13-1-3-20(4-2-13)26-21(28-27-20)16-6-14-5-15(8-16)9-17(21)7-14/h11-17H,1-10H2,(H,24,25). The maximum absolute atomic E-state index is 11.0. The van der Waals surface area contributed by atoms with E-state index in [9.17, 15) is 4.79 Å². The van der Waals surface area contributed by atoms with E-state index in [1.54, 1.807) is 12.5 Å². The third-order valence-corrected chi connectivity index (χ3v) is 8.13. The number of nitrogens with zero attached hydrogens (tertiary/aromatic N) is 2. The maximum atomic E-state index is 11.0. The number of ether oxygens (including phenoxy) is 1. The zero-order valence-corrected chi connectivity index (χ0v) is 16.1. The summed E-state index contributed by atoms with van der Waals surface area (Å²) in [5.41, 5.74) is 0.104. The van der Waals surface area contributed by atoms with Crippen LogP contribution in [0.15, 0.2) is 12.5 Å². The van der Waals surface area contributed by atoms with Gasteiger partial charge in [0.25, 0.3) is 0 Å². The van der Waals surface area contributed by atoms with Crippen LogP contribution in [0.25, 0.3) is 0 Å². The van der Waals surface area contributed by atoms with Crippen LogP contribution >= 0.6 is 0 Å². The molecule has 6 aliphatic rings. The van der Waals surface area contributed by atoms with E-state index in [0.717, 1.165) is 44.1 Å². The predicted molar refractivity (Wildman–Crippen MR) is 96.9 cm³/mol. The molecule has 0 atom stereocenters. The van der Waals surface area contributed by atoms with Crippen LogP contribution in [0.5, 0.6) is 0 Å². The molecule has 28 heavy (non-hydrogen) atoms. The zero-order chi connectivity index (χ0) is 18.9. The van der Waals surface area contributed by atoms with Gasteiger partial charge < -0.3 is 14.4 Å². The molecular formula is C21H28N2O5. The third kappa shape index (κ3) is 2.59. The molecule has 7 rings (SSSR count). The zero-order valence-electron chi connectivity index (χ0n) is 16.1. The second-order valence-corrected chi connectivity index (χ2v) is 9.91. The molecule has 7 heteroatoms. The molecule has 152 valence electrons. The van der Waals surface area contributed by atoms with Crippen molar-refractivity contribution in [1.29, 1.82) is 0 Å². The second kappa shape index (κ2) is 6.03. The third-order valence-electron chi connectivity index (χ3n) is 8.13. The Balaban J connectivity index is 1.11. The van der Waals surface area contributed by atoms with Gasteiger partial charge in [-0.05, 0) is 62.7 Å². The van der Waals surface area contributed by atoms with Crippen molar-refractivity contribution >= 4 is 5.97 Å². The van der Waals surface area contributed by atoms with Crippen LogP contribution in [-0.4, -0.2) is 32.2 Å². The fourth-order valence-corrected chi connectivity index (χ4v) is 6.96. The topological polar surface area (TPSA) is 82.8 Å². The summed E-state index contributed by atoms with van der Waals surface area (Å²) < 4.78 is 8.63. The lowest BCUT2D eigenvalue weighted by atomic mass is 9.53. The summed E-state index contributed by atoms with van der Waals surface area (Å²) in [6.45, 7) is 0.789. The molecule has 0 amide bonds. The summed E-state index contributed by atoms with van der Waals surface area (Å²) in [6, 6.07) is 0. The molecule has 0 unspecified atom stereocenters. The second-order valence-electron chi connectivity index (χ2n) is 9.91. The molecule has 7 nitrogen and oxygen atoms in total. The number of carboxylic acid groups (broad SMARTS) is 1.